The molecular weight excluding hydrogens is 513 g/mol. The van der Waals surface area contributed by atoms with Gasteiger partial charge in [0.25, 0.3) is 0 Å². The van der Waals surface area contributed by atoms with Crippen LogP contribution in [0.2, 0.25) is 0 Å². The van der Waals surface area contributed by atoms with Gasteiger partial charge >= 0.3 is 0 Å². The number of aromatic nitrogens is 5. The molecule has 0 fully saturated rings. The molecule has 0 unspecified atom stereocenters. The molecule has 0 aliphatic heterocycles. The molecule has 0 aliphatic rings. The standard InChI is InChI=1S/C33H30FN7/c1-4-10-26(29-13-8-9-14-37-29)32-22(3)40-30(41-32)17-27-31(34)28(20-38-33(27)35)24-16-25(19-36-18-24)39-21(2)15-23-11-6-5-7-12-23/h4-14,16,18-20,39H,1-2,15,17H2,3H3,(H2,35,38)(H,40,41)/b26-10-. The van der Waals surface area contributed by atoms with Crippen LogP contribution in [0, 0.1) is 12.7 Å². The maximum atomic E-state index is 16.0. The average Bonchev–Trinajstić information content (AvgIpc) is 3.34. The number of anilines is 2. The van der Waals surface area contributed by atoms with E-state index in [1.165, 1.54) is 6.20 Å². The molecule has 0 amide bonds. The first kappa shape index (κ1) is 27.2. The zero-order chi connectivity index (χ0) is 28.8. The van der Waals surface area contributed by atoms with Gasteiger partial charge in [-0.2, -0.15) is 0 Å². The van der Waals surface area contributed by atoms with Gasteiger partial charge in [-0.25, -0.2) is 14.4 Å². The molecule has 0 spiro atoms. The fourth-order valence-electron chi connectivity index (χ4n) is 4.62. The van der Waals surface area contributed by atoms with Crippen LogP contribution in [0.3, 0.4) is 0 Å². The van der Waals surface area contributed by atoms with Gasteiger partial charge in [-0.15, -0.1) is 0 Å². The van der Waals surface area contributed by atoms with E-state index in [1.807, 2.05) is 67.6 Å². The molecule has 0 bridgehead atoms. The van der Waals surface area contributed by atoms with Gasteiger partial charge in [-0.05, 0) is 30.7 Å². The fourth-order valence-corrected chi connectivity index (χ4v) is 4.62. The minimum atomic E-state index is -0.471. The third kappa shape index (κ3) is 6.28. The Morgan fingerprint density at radius 3 is 2.63 bits per heavy atom. The monoisotopic (exact) mass is 543 g/mol. The SMILES string of the molecule is C=C/C=C(/c1ccccn1)c1nc(Cc2c(N)ncc(-c3cncc(NC(=C)Cc4ccccc4)c3)c2F)[nH]c1C. The summed E-state index contributed by atoms with van der Waals surface area (Å²) in [6.07, 6.45) is 10.8. The van der Waals surface area contributed by atoms with Gasteiger partial charge in [0, 0.05) is 65.1 Å². The lowest BCUT2D eigenvalue weighted by molar-refractivity contribution is 0.614. The summed E-state index contributed by atoms with van der Waals surface area (Å²) in [5.74, 6) is 0.187. The van der Waals surface area contributed by atoms with Gasteiger partial charge in [0.15, 0.2) is 0 Å². The van der Waals surface area contributed by atoms with Crippen LogP contribution in [-0.4, -0.2) is 24.9 Å². The van der Waals surface area contributed by atoms with Crippen molar-refractivity contribution in [2.75, 3.05) is 11.1 Å². The lowest BCUT2D eigenvalue weighted by atomic mass is 10.0. The van der Waals surface area contributed by atoms with Gasteiger partial charge in [-0.1, -0.05) is 61.7 Å². The number of H-pyrrole nitrogens is 1. The summed E-state index contributed by atoms with van der Waals surface area (Å²) >= 11 is 0. The summed E-state index contributed by atoms with van der Waals surface area (Å²) in [5.41, 5.74) is 13.0. The third-order valence-electron chi connectivity index (χ3n) is 6.53. The molecule has 0 saturated carbocycles. The highest BCUT2D eigenvalue weighted by Gasteiger charge is 2.19. The Balaban J connectivity index is 1.40. The van der Waals surface area contributed by atoms with E-state index in [0.717, 1.165) is 28.2 Å². The first-order valence-corrected chi connectivity index (χ1v) is 13.1. The van der Waals surface area contributed by atoms with Crippen molar-refractivity contribution in [2.24, 2.45) is 0 Å². The van der Waals surface area contributed by atoms with E-state index in [4.69, 9.17) is 10.7 Å². The molecule has 4 heterocycles. The Hall–Kier alpha value is -5.37. The van der Waals surface area contributed by atoms with Crippen LogP contribution in [0.25, 0.3) is 16.7 Å². The Kier molecular flexibility index (Phi) is 8.10. The van der Waals surface area contributed by atoms with E-state index < -0.39 is 5.82 Å². The van der Waals surface area contributed by atoms with Gasteiger partial charge in [0.05, 0.1) is 23.3 Å². The van der Waals surface area contributed by atoms with E-state index >= 15 is 4.39 Å². The van der Waals surface area contributed by atoms with Crippen molar-refractivity contribution in [2.45, 2.75) is 19.8 Å². The highest BCUT2D eigenvalue weighted by molar-refractivity contribution is 5.78. The van der Waals surface area contributed by atoms with Crippen molar-refractivity contribution in [1.29, 1.82) is 0 Å². The van der Waals surface area contributed by atoms with Crippen molar-refractivity contribution < 1.29 is 4.39 Å². The second kappa shape index (κ2) is 12.2. The summed E-state index contributed by atoms with van der Waals surface area (Å²) in [4.78, 5) is 21.1. The Bertz CT molecular complexity index is 1720. The lowest BCUT2D eigenvalue weighted by Gasteiger charge is -2.13. The fraction of sp³-hybridized carbons (Fsp3) is 0.0909. The van der Waals surface area contributed by atoms with Crippen molar-refractivity contribution in [3.63, 3.8) is 0 Å². The minimum absolute atomic E-state index is 0.104. The molecular formula is C33H30FN7. The summed E-state index contributed by atoms with van der Waals surface area (Å²) in [7, 11) is 0. The highest BCUT2D eigenvalue weighted by Crippen LogP contribution is 2.30. The number of nitrogens with one attached hydrogen (secondary N) is 2. The Labute approximate surface area is 238 Å². The lowest BCUT2D eigenvalue weighted by Crippen LogP contribution is -2.06. The zero-order valence-corrected chi connectivity index (χ0v) is 22.7. The van der Waals surface area contributed by atoms with Crippen LogP contribution in [0.5, 0.6) is 0 Å². The smallest absolute Gasteiger partial charge is 0.139 e. The minimum Gasteiger partial charge on any atom is -0.383 e. The molecule has 0 aliphatic carbocycles. The zero-order valence-electron chi connectivity index (χ0n) is 22.7. The number of allylic oxidation sites excluding steroid dienone is 3. The van der Waals surface area contributed by atoms with Crippen LogP contribution in [0.15, 0.2) is 110 Å². The number of halogens is 1. The highest BCUT2D eigenvalue weighted by atomic mass is 19.1. The van der Waals surface area contributed by atoms with Gasteiger partial charge in [-0.3, -0.25) is 9.97 Å². The molecule has 5 rings (SSSR count). The molecule has 7 nitrogen and oxygen atoms in total. The topological polar surface area (TPSA) is 105 Å². The second-order valence-corrected chi connectivity index (χ2v) is 9.57. The first-order chi connectivity index (χ1) is 19.9. The molecule has 204 valence electrons. The second-order valence-electron chi connectivity index (χ2n) is 9.57. The molecule has 4 N–H and O–H groups in total. The maximum absolute atomic E-state index is 16.0. The molecule has 5 aromatic rings. The van der Waals surface area contributed by atoms with E-state index in [0.29, 0.717) is 34.8 Å². The molecule has 4 aromatic heterocycles. The van der Waals surface area contributed by atoms with Crippen molar-refractivity contribution >= 4 is 17.1 Å². The molecule has 41 heavy (non-hydrogen) atoms. The predicted molar refractivity (Wildman–Crippen MR) is 162 cm³/mol. The maximum Gasteiger partial charge on any atom is 0.139 e. The number of aryl methyl sites for hydroxylation is 1. The number of nitrogens with two attached hydrogens (primary N) is 1. The van der Waals surface area contributed by atoms with E-state index in [9.17, 15) is 0 Å². The van der Waals surface area contributed by atoms with Crippen molar-refractivity contribution in [3.8, 4) is 11.1 Å². The quantitative estimate of drug-likeness (QED) is 0.170. The molecule has 8 heteroatoms. The number of aromatic amines is 1. The summed E-state index contributed by atoms with van der Waals surface area (Å²) < 4.78 is 16.0. The van der Waals surface area contributed by atoms with Gasteiger partial charge in [0.2, 0.25) is 0 Å². The normalized spacial score (nSPS) is 11.3. The molecule has 0 saturated heterocycles. The van der Waals surface area contributed by atoms with Crippen LogP contribution >= 0.6 is 0 Å². The van der Waals surface area contributed by atoms with Crippen LogP contribution in [0.4, 0.5) is 15.9 Å². The molecule has 0 atom stereocenters. The largest absolute Gasteiger partial charge is 0.383 e. The number of nitrogen functional groups attached to an aromatic ring is 1. The number of rotatable bonds is 10. The summed E-state index contributed by atoms with van der Waals surface area (Å²) in [5, 5.41) is 3.27. The first-order valence-electron chi connectivity index (χ1n) is 13.1. The van der Waals surface area contributed by atoms with Crippen molar-refractivity contribution in [1.82, 2.24) is 24.9 Å². The predicted octanol–water partition coefficient (Wildman–Crippen LogP) is 6.67. The third-order valence-corrected chi connectivity index (χ3v) is 6.53. The number of hydrogen-bond donors (Lipinski definition) is 3. The van der Waals surface area contributed by atoms with E-state index in [-0.39, 0.29) is 17.8 Å². The van der Waals surface area contributed by atoms with Crippen LogP contribution < -0.4 is 11.1 Å². The number of pyridine rings is 3. The van der Waals surface area contributed by atoms with E-state index in [2.05, 4.69) is 38.4 Å². The van der Waals surface area contributed by atoms with Crippen molar-refractivity contribution in [3.05, 3.63) is 150 Å². The Morgan fingerprint density at radius 2 is 1.88 bits per heavy atom. The van der Waals surface area contributed by atoms with Crippen LogP contribution in [-0.2, 0) is 12.8 Å². The number of nitrogens with zero attached hydrogens (tertiary/aromatic N) is 4. The summed E-state index contributed by atoms with van der Waals surface area (Å²) in [6.45, 7) is 9.86. The number of benzene rings is 1. The van der Waals surface area contributed by atoms with Gasteiger partial charge in [0.1, 0.15) is 17.5 Å². The molecule has 1 aromatic carbocycles. The van der Waals surface area contributed by atoms with Gasteiger partial charge < -0.3 is 16.0 Å². The number of hydrogen-bond acceptors (Lipinski definition) is 6. The summed E-state index contributed by atoms with van der Waals surface area (Å²) in [6, 6.07) is 17.5. The van der Waals surface area contributed by atoms with E-state index in [1.54, 1.807) is 24.7 Å². The number of imidazole rings is 1. The average molecular weight is 544 g/mol. The molecule has 0 radical (unpaired) electrons. The Morgan fingerprint density at radius 1 is 1.07 bits per heavy atom. The van der Waals surface area contributed by atoms with Crippen LogP contribution in [0.1, 0.15) is 34.0 Å².